The van der Waals surface area contributed by atoms with Crippen LogP contribution in [0.25, 0.3) is 10.8 Å². The SMILES string of the molecule is CCOC(=O)c1c(NC(=O)C(=O)N/N=C/c2ccc(OC(=O)c3cccc4ccccc34)cc2)sc2c1CCCC2. The smallest absolute Gasteiger partial charge is 0.344 e. The number of nitrogens with zero attached hydrogens (tertiary/aromatic N) is 1. The van der Waals surface area contributed by atoms with E-state index in [1.165, 1.54) is 17.6 Å². The molecule has 3 aromatic carbocycles. The first-order valence-corrected chi connectivity index (χ1v) is 14.0. The number of fused-ring (bicyclic) bond motifs is 2. The Bertz CT molecular complexity index is 1650. The number of rotatable bonds is 7. The largest absolute Gasteiger partial charge is 0.462 e. The molecule has 9 nitrogen and oxygen atoms in total. The lowest BCUT2D eigenvalue weighted by Crippen LogP contribution is -2.32. The fourth-order valence-electron chi connectivity index (χ4n) is 4.64. The van der Waals surface area contributed by atoms with Gasteiger partial charge in [0.15, 0.2) is 0 Å². The first kappa shape index (κ1) is 27.7. The van der Waals surface area contributed by atoms with E-state index in [2.05, 4.69) is 15.8 Å². The van der Waals surface area contributed by atoms with E-state index in [1.807, 2.05) is 30.3 Å². The number of carbonyl (C=O) groups is 4. The van der Waals surface area contributed by atoms with Crippen molar-refractivity contribution in [2.45, 2.75) is 32.6 Å². The van der Waals surface area contributed by atoms with E-state index < -0.39 is 23.8 Å². The van der Waals surface area contributed by atoms with Crippen LogP contribution in [0.3, 0.4) is 0 Å². The van der Waals surface area contributed by atoms with Gasteiger partial charge in [0.1, 0.15) is 10.8 Å². The Morgan fingerprint density at radius 3 is 2.46 bits per heavy atom. The fraction of sp³-hybridized carbons (Fsp3) is 0.194. The standard InChI is InChI=1S/C31H27N3O6S/c1-2-39-31(38)26-24-11-5-6-13-25(24)41-29(26)33-27(35)28(36)34-32-18-19-14-16-21(17-15-19)40-30(37)23-12-7-9-20-8-3-4-10-22(20)23/h3-4,7-10,12,14-18H,2,5-6,11,13H2,1H3,(H,33,35)(H,34,36)/b32-18+. The van der Waals surface area contributed by atoms with E-state index >= 15 is 0 Å². The molecular formula is C31H27N3O6S. The Morgan fingerprint density at radius 1 is 0.902 bits per heavy atom. The van der Waals surface area contributed by atoms with E-state index in [9.17, 15) is 19.2 Å². The number of esters is 2. The molecule has 5 rings (SSSR count). The molecule has 0 saturated carbocycles. The highest BCUT2D eigenvalue weighted by atomic mass is 32.1. The number of ether oxygens (including phenoxy) is 2. The summed E-state index contributed by atoms with van der Waals surface area (Å²) in [5.41, 5.74) is 4.48. The van der Waals surface area contributed by atoms with Gasteiger partial charge in [0.25, 0.3) is 0 Å². The Labute approximate surface area is 240 Å². The zero-order valence-electron chi connectivity index (χ0n) is 22.3. The maximum Gasteiger partial charge on any atom is 0.344 e. The molecule has 0 atom stereocenters. The molecule has 10 heteroatoms. The van der Waals surface area contributed by atoms with Gasteiger partial charge < -0.3 is 14.8 Å². The average Bonchev–Trinajstić information content (AvgIpc) is 3.35. The van der Waals surface area contributed by atoms with Crippen LogP contribution in [-0.4, -0.2) is 36.6 Å². The van der Waals surface area contributed by atoms with Gasteiger partial charge in [-0.1, -0.05) is 36.4 Å². The molecule has 1 aliphatic rings. The highest BCUT2D eigenvalue weighted by Gasteiger charge is 2.28. The van der Waals surface area contributed by atoms with Crippen molar-refractivity contribution in [2.24, 2.45) is 5.10 Å². The van der Waals surface area contributed by atoms with Crippen molar-refractivity contribution in [2.75, 3.05) is 11.9 Å². The number of hydrogen-bond donors (Lipinski definition) is 2. The molecule has 1 aliphatic carbocycles. The molecular weight excluding hydrogens is 542 g/mol. The molecule has 2 N–H and O–H groups in total. The van der Waals surface area contributed by atoms with Crippen LogP contribution in [-0.2, 0) is 27.2 Å². The number of amides is 2. The number of carbonyl (C=O) groups excluding carboxylic acids is 4. The third-order valence-electron chi connectivity index (χ3n) is 6.56. The number of nitrogens with one attached hydrogen (secondary N) is 2. The summed E-state index contributed by atoms with van der Waals surface area (Å²) >= 11 is 1.30. The molecule has 0 saturated heterocycles. The Balaban J connectivity index is 1.18. The van der Waals surface area contributed by atoms with E-state index in [1.54, 1.807) is 43.3 Å². The van der Waals surface area contributed by atoms with Crippen molar-refractivity contribution >= 4 is 57.1 Å². The number of hydrogen-bond acceptors (Lipinski definition) is 8. The summed E-state index contributed by atoms with van der Waals surface area (Å²) in [5.74, 6) is -2.56. The summed E-state index contributed by atoms with van der Waals surface area (Å²) in [5, 5.41) is 8.46. The van der Waals surface area contributed by atoms with E-state index in [-0.39, 0.29) is 6.61 Å². The normalized spacial score (nSPS) is 12.5. The van der Waals surface area contributed by atoms with Gasteiger partial charge in [-0.25, -0.2) is 15.0 Å². The number of anilines is 1. The summed E-state index contributed by atoms with van der Waals surface area (Å²) in [6.07, 6.45) is 4.86. The summed E-state index contributed by atoms with van der Waals surface area (Å²) in [7, 11) is 0. The molecule has 4 aromatic rings. The second-order valence-corrected chi connectivity index (χ2v) is 10.4. The lowest BCUT2D eigenvalue weighted by molar-refractivity contribution is -0.136. The summed E-state index contributed by atoms with van der Waals surface area (Å²) in [6, 6.07) is 19.5. The Morgan fingerprint density at radius 2 is 1.66 bits per heavy atom. The molecule has 0 unspecified atom stereocenters. The molecule has 208 valence electrons. The van der Waals surface area contributed by atoms with Crippen molar-refractivity contribution in [3.05, 3.63) is 93.9 Å². The second-order valence-electron chi connectivity index (χ2n) is 9.27. The lowest BCUT2D eigenvalue weighted by atomic mass is 9.95. The van der Waals surface area contributed by atoms with Crippen LogP contribution >= 0.6 is 11.3 Å². The highest BCUT2D eigenvalue weighted by molar-refractivity contribution is 7.17. The zero-order valence-corrected chi connectivity index (χ0v) is 23.1. The summed E-state index contributed by atoms with van der Waals surface area (Å²) in [6.45, 7) is 1.92. The van der Waals surface area contributed by atoms with Gasteiger partial charge in [0, 0.05) is 4.88 Å². The first-order chi connectivity index (χ1) is 19.9. The monoisotopic (exact) mass is 569 g/mol. The minimum absolute atomic E-state index is 0.208. The van der Waals surface area contributed by atoms with E-state index in [4.69, 9.17) is 9.47 Å². The van der Waals surface area contributed by atoms with Crippen LogP contribution in [0.15, 0.2) is 71.8 Å². The van der Waals surface area contributed by atoms with Crippen LogP contribution in [0.1, 0.15) is 56.5 Å². The third kappa shape index (κ3) is 6.33. The molecule has 0 aliphatic heterocycles. The zero-order chi connectivity index (χ0) is 28.8. The second kappa shape index (κ2) is 12.6. The molecule has 0 bridgehead atoms. The van der Waals surface area contributed by atoms with Crippen LogP contribution in [0, 0.1) is 0 Å². The van der Waals surface area contributed by atoms with Gasteiger partial charge in [-0.3, -0.25) is 9.59 Å². The van der Waals surface area contributed by atoms with Gasteiger partial charge in [0.05, 0.1) is 23.9 Å². The number of benzene rings is 3. The fourth-order valence-corrected chi connectivity index (χ4v) is 5.91. The number of aryl methyl sites for hydroxylation is 1. The topological polar surface area (TPSA) is 123 Å². The summed E-state index contributed by atoms with van der Waals surface area (Å²) in [4.78, 5) is 51.3. The van der Waals surface area contributed by atoms with Gasteiger partial charge in [-0.2, -0.15) is 5.10 Å². The van der Waals surface area contributed by atoms with Crippen molar-refractivity contribution in [1.82, 2.24) is 5.43 Å². The van der Waals surface area contributed by atoms with Crippen LogP contribution in [0.2, 0.25) is 0 Å². The van der Waals surface area contributed by atoms with E-state index in [0.29, 0.717) is 27.4 Å². The minimum atomic E-state index is -0.983. The minimum Gasteiger partial charge on any atom is -0.462 e. The number of hydrazone groups is 1. The van der Waals surface area contributed by atoms with Crippen molar-refractivity contribution in [3.63, 3.8) is 0 Å². The van der Waals surface area contributed by atoms with E-state index in [0.717, 1.165) is 46.9 Å². The van der Waals surface area contributed by atoms with Gasteiger partial charge in [-0.15, -0.1) is 11.3 Å². The number of thiophene rings is 1. The molecule has 0 fully saturated rings. The van der Waals surface area contributed by atoms with Gasteiger partial charge >= 0.3 is 23.8 Å². The van der Waals surface area contributed by atoms with Crippen LogP contribution in [0.5, 0.6) is 5.75 Å². The Hall–Kier alpha value is -4.83. The molecule has 41 heavy (non-hydrogen) atoms. The third-order valence-corrected chi connectivity index (χ3v) is 7.77. The molecule has 2 amide bonds. The van der Waals surface area contributed by atoms with Crippen molar-refractivity contribution in [1.29, 1.82) is 0 Å². The van der Waals surface area contributed by atoms with Gasteiger partial charge in [-0.05, 0) is 84.8 Å². The van der Waals surface area contributed by atoms with Crippen molar-refractivity contribution in [3.8, 4) is 5.75 Å². The molecule has 1 aromatic heterocycles. The first-order valence-electron chi connectivity index (χ1n) is 13.2. The predicted molar refractivity (Wildman–Crippen MR) is 157 cm³/mol. The maximum absolute atomic E-state index is 12.7. The lowest BCUT2D eigenvalue weighted by Gasteiger charge is -2.12. The average molecular weight is 570 g/mol. The highest BCUT2D eigenvalue weighted by Crippen LogP contribution is 2.38. The Kier molecular flexibility index (Phi) is 8.50. The van der Waals surface area contributed by atoms with Crippen molar-refractivity contribution < 1.29 is 28.7 Å². The summed E-state index contributed by atoms with van der Waals surface area (Å²) < 4.78 is 10.7. The van der Waals surface area contributed by atoms with Crippen LogP contribution < -0.4 is 15.5 Å². The molecule has 1 heterocycles. The van der Waals surface area contributed by atoms with Gasteiger partial charge in [0.2, 0.25) is 0 Å². The predicted octanol–water partition coefficient (Wildman–Crippen LogP) is 5.26. The van der Waals surface area contributed by atoms with Crippen LogP contribution in [0.4, 0.5) is 5.00 Å². The quantitative estimate of drug-likeness (QED) is 0.103. The molecule has 0 radical (unpaired) electrons. The maximum atomic E-state index is 12.7. The molecule has 0 spiro atoms.